The third kappa shape index (κ3) is 6.54. The summed E-state index contributed by atoms with van der Waals surface area (Å²) in [6, 6.07) is 14.8. The first-order valence-corrected chi connectivity index (χ1v) is 11.9. The molecule has 0 spiro atoms. The number of aromatic hydroxyl groups is 1. The molecule has 0 aliphatic carbocycles. The van der Waals surface area contributed by atoms with Crippen molar-refractivity contribution in [1.29, 1.82) is 0 Å². The van der Waals surface area contributed by atoms with Gasteiger partial charge in [0.2, 0.25) is 0 Å². The molecule has 2 N–H and O–H groups in total. The Hall–Kier alpha value is -3.59. The van der Waals surface area contributed by atoms with E-state index in [2.05, 4.69) is 39.9 Å². The number of aryl methyl sites for hydroxylation is 1. The summed E-state index contributed by atoms with van der Waals surface area (Å²) >= 11 is 0. The predicted molar refractivity (Wildman–Crippen MR) is 133 cm³/mol. The number of alkyl halides is 3. The summed E-state index contributed by atoms with van der Waals surface area (Å²) < 4.78 is 36.9. The highest BCUT2D eigenvalue weighted by Gasteiger charge is 2.28. The van der Waals surface area contributed by atoms with Crippen molar-refractivity contribution in [2.75, 3.05) is 37.6 Å². The van der Waals surface area contributed by atoms with Gasteiger partial charge in [-0.2, -0.15) is 13.2 Å². The van der Waals surface area contributed by atoms with Gasteiger partial charge in [0.05, 0.1) is 6.20 Å². The molecule has 2 aromatic carbocycles. The van der Waals surface area contributed by atoms with Gasteiger partial charge in [0.15, 0.2) is 0 Å². The molecule has 0 atom stereocenters. The van der Waals surface area contributed by atoms with Crippen LogP contribution in [-0.2, 0) is 13.0 Å². The van der Waals surface area contributed by atoms with Crippen molar-refractivity contribution in [2.45, 2.75) is 26.1 Å². The molecule has 6 nitrogen and oxygen atoms in total. The average molecular weight is 499 g/mol. The molecule has 1 aromatic heterocycles. The number of carbonyl (C=O) groups excluding carboxylic acids is 1. The number of hydrogen-bond donors (Lipinski definition) is 2. The summed E-state index contributed by atoms with van der Waals surface area (Å²) in [4.78, 5) is 20.6. The first-order chi connectivity index (χ1) is 17.2. The number of nitrogens with zero attached hydrogens (tertiary/aromatic N) is 3. The van der Waals surface area contributed by atoms with Gasteiger partial charge < -0.3 is 15.3 Å². The third-order valence-corrected chi connectivity index (χ3v) is 6.35. The molecule has 1 saturated heterocycles. The second-order valence-corrected chi connectivity index (χ2v) is 8.88. The van der Waals surface area contributed by atoms with Crippen LogP contribution < -0.4 is 10.2 Å². The zero-order chi connectivity index (χ0) is 25.7. The Morgan fingerprint density at radius 2 is 1.69 bits per heavy atom. The normalized spacial score (nSPS) is 14.6. The summed E-state index contributed by atoms with van der Waals surface area (Å²) in [5.74, 6) is -0.589. The van der Waals surface area contributed by atoms with E-state index in [0.29, 0.717) is 0 Å². The topological polar surface area (TPSA) is 68.7 Å². The average Bonchev–Trinajstić information content (AvgIpc) is 2.87. The van der Waals surface area contributed by atoms with E-state index in [4.69, 9.17) is 0 Å². The molecular formula is C27H29F3N4O2. The second kappa shape index (κ2) is 11.0. The molecule has 0 radical (unpaired) electrons. The van der Waals surface area contributed by atoms with Gasteiger partial charge in [0.25, 0.3) is 5.91 Å². The number of amides is 1. The maximum absolute atomic E-state index is 12.3. The number of anilines is 1. The van der Waals surface area contributed by atoms with Crippen molar-refractivity contribution >= 4 is 11.6 Å². The van der Waals surface area contributed by atoms with Crippen molar-refractivity contribution in [3.05, 3.63) is 77.6 Å². The van der Waals surface area contributed by atoms with Crippen LogP contribution in [0.2, 0.25) is 0 Å². The number of hydrogen-bond acceptors (Lipinski definition) is 5. The number of piperazine rings is 1. The fourth-order valence-electron chi connectivity index (χ4n) is 4.39. The second-order valence-electron chi connectivity index (χ2n) is 8.88. The van der Waals surface area contributed by atoms with E-state index < -0.39 is 18.6 Å². The number of pyridine rings is 1. The molecule has 0 unspecified atom stereocenters. The number of carbonyl (C=O) groups is 1. The Bertz CT molecular complexity index is 1190. The van der Waals surface area contributed by atoms with Crippen LogP contribution in [-0.4, -0.2) is 59.8 Å². The maximum Gasteiger partial charge on any atom is 0.405 e. The molecule has 0 bridgehead atoms. The van der Waals surface area contributed by atoms with Crippen LogP contribution >= 0.6 is 0 Å². The SMILES string of the molecule is CCc1cc(-c2cncc(O)c2)ccc1CN1CCN(c2ccc(C(=O)NCC(F)(F)F)cc2)CC1. The van der Waals surface area contributed by atoms with E-state index in [-0.39, 0.29) is 11.3 Å². The number of halogens is 3. The third-order valence-electron chi connectivity index (χ3n) is 6.35. The van der Waals surface area contributed by atoms with Crippen molar-refractivity contribution in [3.8, 4) is 16.9 Å². The molecule has 36 heavy (non-hydrogen) atoms. The van der Waals surface area contributed by atoms with Gasteiger partial charge in [-0.15, -0.1) is 0 Å². The number of nitrogens with one attached hydrogen (secondary N) is 1. The van der Waals surface area contributed by atoms with Gasteiger partial charge in [-0.3, -0.25) is 14.7 Å². The Kier molecular flexibility index (Phi) is 7.79. The molecule has 2 heterocycles. The lowest BCUT2D eigenvalue weighted by Crippen LogP contribution is -2.46. The highest BCUT2D eigenvalue weighted by molar-refractivity contribution is 5.94. The molecular weight excluding hydrogens is 469 g/mol. The standard InChI is InChI=1S/C27H29F3N4O2/c1-2-19-13-21(23-14-25(35)16-31-15-23)3-4-22(19)17-33-9-11-34(12-10-33)24-7-5-20(6-8-24)26(36)32-18-27(28,29)30/h3-8,13-16,35H,2,9-12,17-18H2,1H3,(H,32,36). The summed E-state index contributed by atoms with van der Waals surface area (Å²) in [6.45, 7) is 5.00. The monoisotopic (exact) mass is 498 g/mol. The zero-order valence-electron chi connectivity index (χ0n) is 20.1. The first kappa shape index (κ1) is 25.5. The number of aromatic nitrogens is 1. The van der Waals surface area contributed by atoms with Crippen molar-refractivity contribution in [3.63, 3.8) is 0 Å². The van der Waals surface area contributed by atoms with Crippen LogP contribution in [0.4, 0.5) is 18.9 Å². The highest BCUT2D eigenvalue weighted by Crippen LogP contribution is 2.26. The molecule has 1 amide bonds. The van der Waals surface area contributed by atoms with Crippen LogP contribution in [0.3, 0.4) is 0 Å². The fraction of sp³-hybridized carbons (Fsp3) is 0.333. The lowest BCUT2D eigenvalue weighted by atomic mass is 9.98. The first-order valence-electron chi connectivity index (χ1n) is 11.9. The Labute approximate surface area is 208 Å². The van der Waals surface area contributed by atoms with Crippen LogP contribution in [0, 0.1) is 0 Å². The molecule has 190 valence electrons. The van der Waals surface area contributed by atoms with E-state index in [1.807, 2.05) is 5.32 Å². The summed E-state index contributed by atoms with van der Waals surface area (Å²) in [5, 5.41) is 11.6. The highest BCUT2D eigenvalue weighted by atomic mass is 19.4. The van der Waals surface area contributed by atoms with Crippen LogP contribution in [0.15, 0.2) is 60.9 Å². The zero-order valence-corrected chi connectivity index (χ0v) is 20.1. The lowest BCUT2D eigenvalue weighted by Gasteiger charge is -2.36. The molecule has 1 fully saturated rings. The minimum absolute atomic E-state index is 0.145. The molecule has 9 heteroatoms. The van der Waals surface area contributed by atoms with E-state index >= 15 is 0 Å². The fourth-order valence-corrected chi connectivity index (χ4v) is 4.39. The van der Waals surface area contributed by atoms with Gasteiger partial charge in [-0.1, -0.05) is 25.1 Å². The lowest BCUT2D eigenvalue weighted by molar-refractivity contribution is -0.123. The molecule has 1 aliphatic rings. The van der Waals surface area contributed by atoms with Crippen molar-refractivity contribution in [2.24, 2.45) is 0 Å². The Balaban J connectivity index is 1.33. The van der Waals surface area contributed by atoms with Crippen LogP contribution in [0.5, 0.6) is 5.75 Å². The largest absolute Gasteiger partial charge is 0.506 e. The quantitative estimate of drug-likeness (QED) is 0.497. The van der Waals surface area contributed by atoms with E-state index in [1.54, 1.807) is 36.5 Å². The van der Waals surface area contributed by atoms with Gasteiger partial charge in [0.1, 0.15) is 12.3 Å². The predicted octanol–water partition coefficient (Wildman–Crippen LogP) is 4.63. The summed E-state index contributed by atoms with van der Waals surface area (Å²) in [5.41, 5.74) is 5.60. The summed E-state index contributed by atoms with van der Waals surface area (Å²) in [7, 11) is 0. The van der Waals surface area contributed by atoms with Crippen molar-refractivity contribution in [1.82, 2.24) is 15.2 Å². The molecule has 0 saturated carbocycles. The van der Waals surface area contributed by atoms with Gasteiger partial charge in [0, 0.05) is 55.7 Å². The van der Waals surface area contributed by atoms with Crippen molar-refractivity contribution < 1.29 is 23.1 Å². The Morgan fingerprint density at radius 1 is 0.972 bits per heavy atom. The maximum atomic E-state index is 12.3. The van der Waals surface area contributed by atoms with Gasteiger partial charge in [-0.05, 0) is 53.4 Å². The molecule has 1 aliphatic heterocycles. The minimum Gasteiger partial charge on any atom is -0.506 e. The van der Waals surface area contributed by atoms with Crippen LogP contribution in [0.1, 0.15) is 28.4 Å². The Morgan fingerprint density at radius 3 is 2.33 bits per heavy atom. The molecule has 3 aromatic rings. The van der Waals surface area contributed by atoms with E-state index in [1.165, 1.54) is 17.3 Å². The van der Waals surface area contributed by atoms with E-state index in [9.17, 15) is 23.1 Å². The minimum atomic E-state index is -4.43. The van der Waals surface area contributed by atoms with Gasteiger partial charge >= 0.3 is 6.18 Å². The summed E-state index contributed by atoms with van der Waals surface area (Å²) in [6.07, 6.45) is -0.367. The van der Waals surface area contributed by atoms with Crippen LogP contribution in [0.25, 0.3) is 11.1 Å². The van der Waals surface area contributed by atoms with E-state index in [0.717, 1.165) is 56.0 Å². The number of benzene rings is 2. The van der Waals surface area contributed by atoms with Gasteiger partial charge in [-0.25, -0.2) is 0 Å². The smallest absolute Gasteiger partial charge is 0.405 e. The molecule has 4 rings (SSSR count). The number of rotatable bonds is 7.